The Balaban J connectivity index is 0.00000243. The number of nitrogens with zero attached hydrogens (tertiary/aromatic N) is 4. The molecule has 0 saturated carbocycles. The number of halogens is 1. The molecule has 140 valence electrons. The Bertz CT molecular complexity index is 837. The molecule has 0 unspecified atom stereocenters. The van der Waals surface area contributed by atoms with Gasteiger partial charge in [-0.25, -0.2) is 0 Å². The Kier molecular flexibility index (Phi) is 7.89. The number of nitrogens with one attached hydrogen (secondary N) is 3. The van der Waals surface area contributed by atoms with Crippen molar-refractivity contribution in [3.63, 3.8) is 0 Å². The largest absolute Gasteiger partial charge is 0.361 e. The van der Waals surface area contributed by atoms with E-state index in [9.17, 15) is 0 Å². The van der Waals surface area contributed by atoms with Crippen LogP contribution in [0, 0.1) is 0 Å². The summed E-state index contributed by atoms with van der Waals surface area (Å²) in [5.41, 5.74) is 2.50. The number of guanidine groups is 1. The second-order valence-corrected chi connectivity index (χ2v) is 5.83. The van der Waals surface area contributed by atoms with Gasteiger partial charge in [0.25, 0.3) is 0 Å². The van der Waals surface area contributed by atoms with E-state index in [1.165, 1.54) is 16.5 Å². The van der Waals surface area contributed by atoms with Crippen LogP contribution < -0.4 is 10.6 Å². The number of rotatable bonds is 7. The lowest BCUT2D eigenvalue weighted by Crippen LogP contribution is -2.39. The van der Waals surface area contributed by atoms with Crippen LogP contribution in [0.3, 0.4) is 0 Å². The highest BCUT2D eigenvalue weighted by Gasteiger charge is 2.04. The number of aromatic amines is 1. The summed E-state index contributed by atoms with van der Waals surface area (Å²) in [7, 11) is 1.79. The first-order chi connectivity index (χ1) is 12.3. The third kappa shape index (κ3) is 4.96. The molecule has 0 amide bonds. The number of benzene rings is 1. The van der Waals surface area contributed by atoms with Gasteiger partial charge in [0.2, 0.25) is 0 Å². The Labute approximate surface area is 170 Å². The van der Waals surface area contributed by atoms with Gasteiger partial charge in [0.1, 0.15) is 12.2 Å². The molecular weight excluding hydrogens is 441 g/mol. The molecule has 3 rings (SSSR count). The number of hydrogen-bond donors (Lipinski definition) is 3. The van der Waals surface area contributed by atoms with Crippen molar-refractivity contribution in [2.45, 2.75) is 26.3 Å². The summed E-state index contributed by atoms with van der Waals surface area (Å²) in [5, 5.41) is 16.0. The minimum atomic E-state index is 0. The van der Waals surface area contributed by atoms with Gasteiger partial charge in [-0.15, -0.1) is 34.2 Å². The Morgan fingerprint density at radius 3 is 2.85 bits per heavy atom. The van der Waals surface area contributed by atoms with E-state index < -0.39 is 0 Å². The quantitative estimate of drug-likeness (QED) is 0.283. The maximum Gasteiger partial charge on any atom is 0.191 e. The van der Waals surface area contributed by atoms with Gasteiger partial charge in [-0.05, 0) is 18.1 Å². The van der Waals surface area contributed by atoms with E-state index in [-0.39, 0.29) is 24.0 Å². The molecule has 0 bridgehead atoms. The maximum atomic E-state index is 4.28. The minimum absolute atomic E-state index is 0. The van der Waals surface area contributed by atoms with Crippen molar-refractivity contribution in [2.75, 3.05) is 20.1 Å². The zero-order valence-electron chi connectivity index (χ0n) is 15.2. The third-order valence-corrected chi connectivity index (χ3v) is 4.24. The van der Waals surface area contributed by atoms with Crippen molar-refractivity contribution in [3.05, 3.63) is 48.2 Å². The van der Waals surface area contributed by atoms with Crippen LogP contribution >= 0.6 is 24.0 Å². The first-order valence-electron chi connectivity index (χ1n) is 8.68. The number of aromatic nitrogens is 4. The van der Waals surface area contributed by atoms with E-state index in [0.29, 0.717) is 0 Å². The number of hydrogen-bond acceptors (Lipinski definition) is 3. The lowest BCUT2D eigenvalue weighted by molar-refractivity contribution is 0.632. The number of H-pyrrole nitrogens is 1. The molecule has 0 radical (unpaired) electrons. The van der Waals surface area contributed by atoms with E-state index in [2.05, 4.69) is 66.7 Å². The highest BCUT2D eigenvalue weighted by atomic mass is 127. The zero-order valence-corrected chi connectivity index (χ0v) is 17.5. The molecular formula is C18H26IN7. The summed E-state index contributed by atoms with van der Waals surface area (Å²) in [4.78, 5) is 7.59. The van der Waals surface area contributed by atoms with E-state index in [1.807, 2.05) is 6.07 Å². The molecule has 0 aliphatic heterocycles. The predicted octanol–water partition coefficient (Wildman–Crippen LogP) is 2.35. The van der Waals surface area contributed by atoms with E-state index >= 15 is 0 Å². The van der Waals surface area contributed by atoms with Gasteiger partial charge in [0.15, 0.2) is 5.96 Å². The smallest absolute Gasteiger partial charge is 0.191 e. The molecule has 0 aliphatic rings. The van der Waals surface area contributed by atoms with E-state index in [4.69, 9.17) is 0 Å². The maximum absolute atomic E-state index is 4.28. The van der Waals surface area contributed by atoms with Gasteiger partial charge in [-0.3, -0.25) is 4.99 Å². The highest BCUT2D eigenvalue weighted by Crippen LogP contribution is 2.17. The van der Waals surface area contributed by atoms with E-state index in [0.717, 1.165) is 44.3 Å². The zero-order chi connectivity index (χ0) is 17.5. The molecule has 1 aromatic carbocycles. The molecule has 8 heteroatoms. The molecule has 0 spiro atoms. The van der Waals surface area contributed by atoms with Gasteiger partial charge < -0.3 is 20.2 Å². The minimum Gasteiger partial charge on any atom is -0.361 e. The van der Waals surface area contributed by atoms with Crippen LogP contribution in [0.15, 0.2) is 41.8 Å². The van der Waals surface area contributed by atoms with Gasteiger partial charge in [-0.1, -0.05) is 25.1 Å². The number of aliphatic imine (C=N–C) groups is 1. The molecule has 0 saturated heterocycles. The van der Waals surface area contributed by atoms with E-state index in [1.54, 1.807) is 13.4 Å². The second kappa shape index (κ2) is 10.1. The van der Waals surface area contributed by atoms with Crippen molar-refractivity contribution in [1.29, 1.82) is 0 Å². The molecule has 26 heavy (non-hydrogen) atoms. The highest BCUT2D eigenvalue weighted by molar-refractivity contribution is 14.0. The van der Waals surface area contributed by atoms with Crippen LogP contribution in [0.5, 0.6) is 0 Å². The van der Waals surface area contributed by atoms with Crippen LogP contribution in [0.25, 0.3) is 10.9 Å². The lowest BCUT2D eigenvalue weighted by Gasteiger charge is -2.12. The molecule has 2 heterocycles. The molecule has 0 aliphatic carbocycles. The van der Waals surface area contributed by atoms with Crippen molar-refractivity contribution in [1.82, 2.24) is 30.4 Å². The van der Waals surface area contributed by atoms with Crippen LogP contribution in [0.4, 0.5) is 0 Å². The van der Waals surface area contributed by atoms with Crippen molar-refractivity contribution in [3.8, 4) is 0 Å². The fraction of sp³-hybridized carbons (Fsp3) is 0.389. The number of para-hydroxylation sites is 1. The van der Waals surface area contributed by atoms with Crippen LogP contribution in [-0.2, 0) is 19.4 Å². The standard InChI is InChI=1S/C18H25N7.HI/c1-3-17-24-23-13-25(17)11-10-21-18(19-2)20-9-8-14-12-22-16-7-5-4-6-15(14)16;/h4-7,12-13,22H,3,8-11H2,1-2H3,(H2,19,20,21);1H. The Morgan fingerprint density at radius 1 is 1.23 bits per heavy atom. The summed E-state index contributed by atoms with van der Waals surface area (Å²) >= 11 is 0. The predicted molar refractivity (Wildman–Crippen MR) is 116 cm³/mol. The second-order valence-electron chi connectivity index (χ2n) is 5.83. The van der Waals surface area contributed by atoms with Gasteiger partial charge in [-0.2, -0.15) is 0 Å². The number of fused-ring (bicyclic) bond motifs is 1. The third-order valence-electron chi connectivity index (χ3n) is 4.24. The van der Waals surface area contributed by atoms with Gasteiger partial charge >= 0.3 is 0 Å². The first kappa shape index (κ1) is 20.2. The van der Waals surface area contributed by atoms with Crippen LogP contribution in [0.2, 0.25) is 0 Å². The average Bonchev–Trinajstić information content (AvgIpc) is 3.27. The molecule has 7 nitrogen and oxygen atoms in total. The van der Waals surface area contributed by atoms with Crippen LogP contribution in [-0.4, -0.2) is 45.8 Å². The molecule has 0 atom stereocenters. The summed E-state index contributed by atoms with van der Waals surface area (Å²) in [6, 6.07) is 8.37. The lowest BCUT2D eigenvalue weighted by atomic mass is 10.1. The SMILES string of the molecule is CCc1nncn1CCNC(=NC)NCCc1c[nH]c2ccccc12.I. The van der Waals surface area contributed by atoms with Gasteiger partial charge in [0, 0.05) is 50.2 Å². The summed E-state index contributed by atoms with van der Waals surface area (Å²) in [6.45, 7) is 4.50. The summed E-state index contributed by atoms with van der Waals surface area (Å²) < 4.78 is 2.06. The fourth-order valence-electron chi connectivity index (χ4n) is 2.91. The molecule has 0 fully saturated rings. The summed E-state index contributed by atoms with van der Waals surface area (Å²) in [6.07, 6.45) is 5.68. The average molecular weight is 467 g/mol. The van der Waals surface area contributed by atoms with Crippen molar-refractivity contribution >= 4 is 40.8 Å². The summed E-state index contributed by atoms with van der Waals surface area (Å²) in [5.74, 6) is 1.81. The molecule has 3 N–H and O–H groups in total. The Morgan fingerprint density at radius 2 is 2.04 bits per heavy atom. The monoisotopic (exact) mass is 467 g/mol. The molecule has 3 aromatic rings. The topological polar surface area (TPSA) is 82.9 Å². The van der Waals surface area contributed by atoms with Crippen molar-refractivity contribution in [2.24, 2.45) is 4.99 Å². The Hall–Kier alpha value is -2.10. The van der Waals surface area contributed by atoms with Crippen molar-refractivity contribution < 1.29 is 0 Å². The number of aryl methyl sites for hydroxylation is 1. The van der Waals surface area contributed by atoms with Gasteiger partial charge in [0.05, 0.1) is 0 Å². The van der Waals surface area contributed by atoms with Crippen LogP contribution in [0.1, 0.15) is 18.3 Å². The first-order valence-corrected chi connectivity index (χ1v) is 8.68. The fourth-order valence-corrected chi connectivity index (χ4v) is 2.91. The normalized spacial score (nSPS) is 11.4. The molecule has 2 aromatic heterocycles.